The first-order chi connectivity index (χ1) is 15.6. The average Bonchev–Trinajstić information content (AvgIpc) is 3.50. The molecule has 2 aromatic heterocycles. The second kappa shape index (κ2) is 9.33. The van der Waals surface area contributed by atoms with Crippen molar-refractivity contribution in [3.8, 4) is 10.6 Å². The van der Waals surface area contributed by atoms with E-state index in [-0.39, 0.29) is 5.91 Å². The van der Waals surface area contributed by atoms with E-state index in [1.807, 2.05) is 24.3 Å². The number of amides is 1. The van der Waals surface area contributed by atoms with Gasteiger partial charge in [0.15, 0.2) is 0 Å². The number of hydrogen-bond acceptors (Lipinski definition) is 6. The van der Waals surface area contributed by atoms with Gasteiger partial charge in [0.2, 0.25) is 5.95 Å². The van der Waals surface area contributed by atoms with E-state index in [0.717, 1.165) is 46.7 Å². The number of anilines is 1. The third kappa shape index (κ3) is 4.90. The fourth-order valence-electron chi connectivity index (χ4n) is 4.23. The smallest absolute Gasteiger partial charge is 0.252 e. The lowest BCUT2D eigenvalue weighted by Gasteiger charge is -2.28. The molecule has 1 amide bonds. The van der Waals surface area contributed by atoms with Crippen LogP contribution in [0.1, 0.15) is 42.5 Å². The fourth-order valence-corrected chi connectivity index (χ4v) is 5.57. The van der Waals surface area contributed by atoms with Gasteiger partial charge in [-0.3, -0.25) is 4.79 Å². The summed E-state index contributed by atoms with van der Waals surface area (Å²) in [6, 6.07) is 8.21. The van der Waals surface area contributed by atoms with Crippen LogP contribution < -0.4 is 10.6 Å². The summed E-state index contributed by atoms with van der Waals surface area (Å²) in [4.78, 5) is 25.1. The summed E-state index contributed by atoms with van der Waals surface area (Å²) in [5, 5.41) is 7.92. The second-order valence-electron chi connectivity index (χ2n) is 8.93. The Kier molecular flexibility index (Phi) is 6.31. The minimum absolute atomic E-state index is 0.00695. The van der Waals surface area contributed by atoms with Crippen LogP contribution in [0.25, 0.3) is 20.7 Å². The van der Waals surface area contributed by atoms with Gasteiger partial charge in [-0.2, -0.15) is 0 Å². The molecule has 3 aromatic rings. The van der Waals surface area contributed by atoms with E-state index < -0.39 is 0 Å². The van der Waals surface area contributed by atoms with Gasteiger partial charge in [-0.05, 0) is 76.4 Å². The first kappa shape index (κ1) is 21.6. The van der Waals surface area contributed by atoms with Crippen molar-refractivity contribution in [1.82, 2.24) is 20.2 Å². The summed E-state index contributed by atoms with van der Waals surface area (Å²) in [6.07, 6.45) is 7.43. The Morgan fingerprint density at radius 2 is 2.06 bits per heavy atom. The zero-order valence-corrected chi connectivity index (χ0v) is 19.8. The minimum Gasteiger partial charge on any atom is -0.354 e. The molecule has 0 bridgehead atoms. The standard InChI is InChI=1S/C24H28ClN5OS/c1-30-11-8-15(9-12-30)7-10-26-24-27-14-19(25)22(29-24)21-13-18-17(3-2-4-20(18)32-21)23(31)28-16-5-6-16/h2-4,13-16H,5-12H2,1H3,(H,28,31)(H,26,27,29). The number of likely N-dealkylation sites (tertiary alicyclic amines) is 1. The van der Waals surface area contributed by atoms with Crippen molar-refractivity contribution >= 4 is 44.9 Å². The zero-order valence-electron chi connectivity index (χ0n) is 18.2. The van der Waals surface area contributed by atoms with E-state index in [4.69, 9.17) is 16.6 Å². The Labute approximate surface area is 197 Å². The minimum atomic E-state index is -0.00695. The number of hydrogen-bond donors (Lipinski definition) is 2. The van der Waals surface area contributed by atoms with Crippen LogP contribution in [0.3, 0.4) is 0 Å². The van der Waals surface area contributed by atoms with Crippen LogP contribution in [-0.2, 0) is 0 Å². The maximum atomic E-state index is 12.7. The number of nitrogens with one attached hydrogen (secondary N) is 2. The maximum Gasteiger partial charge on any atom is 0.252 e. The lowest BCUT2D eigenvalue weighted by Crippen LogP contribution is -2.30. The molecular formula is C24H28ClN5OS. The second-order valence-corrected chi connectivity index (χ2v) is 10.4. The monoisotopic (exact) mass is 469 g/mol. The fraction of sp³-hybridized carbons (Fsp3) is 0.458. The summed E-state index contributed by atoms with van der Waals surface area (Å²) in [5.74, 6) is 1.35. The lowest BCUT2D eigenvalue weighted by atomic mass is 9.94. The first-order valence-electron chi connectivity index (χ1n) is 11.4. The highest BCUT2D eigenvalue weighted by Crippen LogP contribution is 2.37. The predicted octanol–water partition coefficient (Wildman–Crippen LogP) is 5.05. The summed E-state index contributed by atoms with van der Waals surface area (Å²) in [7, 11) is 2.19. The van der Waals surface area contributed by atoms with Crippen LogP contribution in [0.15, 0.2) is 30.5 Å². The molecule has 0 unspecified atom stereocenters. The van der Waals surface area contributed by atoms with Crippen LogP contribution >= 0.6 is 22.9 Å². The normalized spacial score (nSPS) is 17.6. The SMILES string of the molecule is CN1CCC(CCNc2ncc(Cl)c(-c3cc4c(C(=O)NC5CC5)cccc4s3)n2)CC1. The van der Waals surface area contributed by atoms with Crippen LogP contribution in [0.2, 0.25) is 5.02 Å². The summed E-state index contributed by atoms with van der Waals surface area (Å²) >= 11 is 8.08. The third-order valence-electron chi connectivity index (χ3n) is 6.37. The molecule has 1 saturated heterocycles. The summed E-state index contributed by atoms with van der Waals surface area (Å²) < 4.78 is 1.05. The number of piperidine rings is 1. The number of benzene rings is 1. The molecule has 32 heavy (non-hydrogen) atoms. The number of carbonyl (C=O) groups is 1. The predicted molar refractivity (Wildman–Crippen MR) is 132 cm³/mol. The molecule has 6 nitrogen and oxygen atoms in total. The molecule has 3 heterocycles. The van der Waals surface area contributed by atoms with Crippen molar-refractivity contribution in [3.63, 3.8) is 0 Å². The number of thiophene rings is 1. The van der Waals surface area contributed by atoms with E-state index in [2.05, 4.69) is 27.6 Å². The Morgan fingerprint density at radius 3 is 2.84 bits per heavy atom. The van der Waals surface area contributed by atoms with Gasteiger partial charge in [-0.15, -0.1) is 11.3 Å². The van der Waals surface area contributed by atoms with Crippen LogP contribution in [-0.4, -0.2) is 53.5 Å². The van der Waals surface area contributed by atoms with Gasteiger partial charge in [-0.1, -0.05) is 17.7 Å². The molecule has 5 rings (SSSR count). The van der Waals surface area contributed by atoms with Crippen molar-refractivity contribution < 1.29 is 4.79 Å². The molecule has 2 N–H and O–H groups in total. The van der Waals surface area contributed by atoms with Gasteiger partial charge in [0, 0.05) is 28.2 Å². The molecule has 8 heteroatoms. The highest BCUT2D eigenvalue weighted by Gasteiger charge is 2.25. The third-order valence-corrected chi connectivity index (χ3v) is 7.75. The van der Waals surface area contributed by atoms with Crippen molar-refractivity contribution in [3.05, 3.63) is 41.0 Å². The maximum absolute atomic E-state index is 12.7. The number of halogens is 1. The lowest BCUT2D eigenvalue weighted by molar-refractivity contribution is 0.0953. The molecule has 1 saturated carbocycles. The van der Waals surface area contributed by atoms with Gasteiger partial charge in [0.05, 0.1) is 16.1 Å². The van der Waals surface area contributed by atoms with Gasteiger partial charge in [0.1, 0.15) is 5.69 Å². The van der Waals surface area contributed by atoms with Crippen molar-refractivity contribution in [2.45, 2.75) is 38.1 Å². The van der Waals surface area contributed by atoms with E-state index >= 15 is 0 Å². The molecule has 168 valence electrons. The van der Waals surface area contributed by atoms with E-state index in [9.17, 15) is 4.79 Å². The van der Waals surface area contributed by atoms with Gasteiger partial charge < -0.3 is 15.5 Å². The summed E-state index contributed by atoms with van der Waals surface area (Å²) in [5.41, 5.74) is 1.41. The molecule has 1 aliphatic heterocycles. The molecule has 0 atom stereocenters. The zero-order chi connectivity index (χ0) is 22.1. The van der Waals surface area contributed by atoms with Gasteiger partial charge in [-0.25, -0.2) is 9.97 Å². The van der Waals surface area contributed by atoms with Crippen molar-refractivity contribution in [1.29, 1.82) is 0 Å². The van der Waals surface area contributed by atoms with Gasteiger partial charge >= 0.3 is 0 Å². The molecule has 1 aromatic carbocycles. The molecular weight excluding hydrogens is 442 g/mol. The van der Waals surface area contributed by atoms with Crippen molar-refractivity contribution in [2.75, 3.05) is 32.0 Å². The Hall–Kier alpha value is -2.22. The van der Waals surface area contributed by atoms with E-state index in [1.165, 1.54) is 25.9 Å². The van der Waals surface area contributed by atoms with Crippen LogP contribution in [0.4, 0.5) is 5.95 Å². The van der Waals surface area contributed by atoms with E-state index in [1.54, 1.807) is 17.5 Å². The highest BCUT2D eigenvalue weighted by atomic mass is 35.5. The highest BCUT2D eigenvalue weighted by molar-refractivity contribution is 7.22. The Morgan fingerprint density at radius 1 is 1.25 bits per heavy atom. The largest absolute Gasteiger partial charge is 0.354 e. The molecule has 2 aliphatic rings. The first-order valence-corrected chi connectivity index (χ1v) is 12.5. The average molecular weight is 470 g/mol. The number of rotatable bonds is 7. The molecule has 0 radical (unpaired) electrons. The molecule has 2 fully saturated rings. The number of nitrogens with zero attached hydrogens (tertiary/aromatic N) is 3. The number of aromatic nitrogens is 2. The topological polar surface area (TPSA) is 70.2 Å². The molecule has 1 aliphatic carbocycles. The van der Waals surface area contributed by atoms with Crippen LogP contribution in [0.5, 0.6) is 0 Å². The Balaban J connectivity index is 1.32. The van der Waals surface area contributed by atoms with Crippen molar-refractivity contribution in [2.24, 2.45) is 5.92 Å². The Bertz CT molecular complexity index is 1120. The molecule has 0 spiro atoms. The van der Waals surface area contributed by atoms with Crippen LogP contribution in [0, 0.1) is 5.92 Å². The number of fused-ring (bicyclic) bond motifs is 1. The number of carbonyl (C=O) groups excluding carboxylic acids is 1. The van der Waals surface area contributed by atoms with E-state index in [0.29, 0.717) is 28.3 Å². The summed E-state index contributed by atoms with van der Waals surface area (Å²) in [6.45, 7) is 3.21. The quantitative estimate of drug-likeness (QED) is 0.506. The van der Waals surface area contributed by atoms with Gasteiger partial charge in [0.25, 0.3) is 5.91 Å².